The second-order valence-corrected chi connectivity index (χ2v) is 18.0. The van der Waals surface area contributed by atoms with Crippen molar-refractivity contribution >= 4 is 42.4 Å². The molecular weight excluding hydrogens is 630 g/mol. The number of amides is 2. The molecule has 2 aromatic carbocycles. The first-order valence-corrected chi connectivity index (χ1v) is 19.4. The van der Waals surface area contributed by atoms with E-state index in [1.807, 2.05) is 30.5 Å². The average molecular weight is 674 g/mol. The summed E-state index contributed by atoms with van der Waals surface area (Å²) in [5, 5.41) is 19.0. The topological polar surface area (TPSA) is 136 Å². The fraction of sp³-hybridized carbons (Fsp3) is 0.457. The summed E-state index contributed by atoms with van der Waals surface area (Å²) in [7, 11) is -0.734. The molecule has 3 aliphatic rings. The van der Waals surface area contributed by atoms with Crippen molar-refractivity contribution in [1.29, 1.82) is 0 Å². The Hall–Kier alpha value is -4.33. The van der Waals surface area contributed by atoms with E-state index in [4.69, 9.17) is 14.2 Å². The molecule has 1 spiro atoms. The highest BCUT2D eigenvalue weighted by atomic mass is 28.3. The number of anilines is 2. The summed E-state index contributed by atoms with van der Waals surface area (Å²) in [6, 6.07) is 13.7. The van der Waals surface area contributed by atoms with Crippen molar-refractivity contribution < 1.29 is 33.7 Å². The molecule has 13 heteroatoms. The predicted octanol–water partition coefficient (Wildman–Crippen LogP) is 3.29. The Labute approximate surface area is 281 Å². The lowest BCUT2D eigenvalue weighted by Crippen LogP contribution is -2.55. The van der Waals surface area contributed by atoms with Gasteiger partial charge in [0.05, 0.1) is 39.1 Å². The number of carbonyl (C=O) groups is 3. The molecule has 0 saturated carbocycles. The Morgan fingerprint density at radius 2 is 1.96 bits per heavy atom. The third kappa shape index (κ3) is 5.53. The maximum absolute atomic E-state index is 14.8. The Morgan fingerprint density at radius 3 is 2.60 bits per heavy atom. The van der Waals surface area contributed by atoms with Gasteiger partial charge in [-0.3, -0.25) is 24.0 Å². The number of rotatable bonds is 12. The van der Waals surface area contributed by atoms with Gasteiger partial charge in [0.15, 0.2) is 11.8 Å². The highest BCUT2D eigenvalue weighted by Crippen LogP contribution is 2.60. The maximum atomic E-state index is 14.8. The molecule has 48 heavy (non-hydrogen) atoms. The van der Waals surface area contributed by atoms with E-state index in [0.717, 1.165) is 5.75 Å². The van der Waals surface area contributed by atoms with Crippen LogP contribution in [0.4, 0.5) is 11.4 Å². The van der Waals surface area contributed by atoms with E-state index in [0.29, 0.717) is 48.6 Å². The minimum atomic E-state index is -2.38. The monoisotopic (exact) mass is 673 g/mol. The zero-order chi connectivity index (χ0) is 34.4. The molecule has 1 unspecified atom stereocenters. The zero-order valence-corrected chi connectivity index (χ0v) is 29.1. The van der Waals surface area contributed by atoms with Gasteiger partial charge in [-0.2, -0.15) is 0 Å². The lowest BCUT2D eigenvalue weighted by molar-refractivity contribution is -0.153. The highest BCUT2D eigenvalue weighted by molar-refractivity contribution is 6.91. The number of aliphatic hydroxyl groups is 1. The van der Waals surface area contributed by atoms with Crippen molar-refractivity contribution in [3.05, 3.63) is 72.6 Å². The lowest BCUT2D eigenvalue weighted by Gasteiger charge is -2.39. The number of β-lactam (4-membered cyclic amide) rings is 1. The molecule has 4 heterocycles. The number of benzene rings is 2. The van der Waals surface area contributed by atoms with E-state index in [1.165, 1.54) is 17.0 Å². The molecule has 2 amide bonds. The highest BCUT2D eigenvalue weighted by Gasteiger charge is 2.66. The normalized spacial score (nSPS) is 25.0. The van der Waals surface area contributed by atoms with E-state index in [2.05, 4.69) is 49.0 Å². The Balaban J connectivity index is 1.44. The number of aromatic nitrogens is 3. The molecule has 1 aromatic heterocycles. The Bertz CT molecular complexity index is 1730. The first kappa shape index (κ1) is 33.6. The van der Waals surface area contributed by atoms with Gasteiger partial charge in [-0.1, -0.05) is 48.6 Å². The molecule has 0 radical (unpaired) electrons. The fourth-order valence-electron chi connectivity index (χ4n) is 7.95. The van der Waals surface area contributed by atoms with Crippen LogP contribution >= 0.6 is 0 Å². The van der Waals surface area contributed by atoms with Crippen LogP contribution in [0, 0.1) is 5.92 Å². The summed E-state index contributed by atoms with van der Waals surface area (Å²) in [6.07, 6.45) is 3.61. The number of nitrogens with zero attached hydrogens (tertiary/aromatic N) is 5. The van der Waals surface area contributed by atoms with Gasteiger partial charge in [0.1, 0.15) is 5.75 Å². The van der Waals surface area contributed by atoms with Crippen LogP contribution in [0.3, 0.4) is 0 Å². The van der Waals surface area contributed by atoms with E-state index in [9.17, 15) is 19.5 Å². The second kappa shape index (κ2) is 12.9. The van der Waals surface area contributed by atoms with Crippen LogP contribution in [0.15, 0.2) is 61.3 Å². The van der Waals surface area contributed by atoms with Gasteiger partial charge < -0.3 is 24.2 Å². The van der Waals surface area contributed by atoms with Crippen LogP contribution in [-0.4, -0.2) is 78.6 Å². The van der Waals surface area contributed by atoms with Gasteiger partial charge in [0.2, 0.25) is 5.91 Å². The number of aryl methyl sites for hydroxylation is 1. The zero-order valence-electron chi connectivity index (χ0n) is 28.1. The van der Waals surface area contributed by atoms with Crippen molar-refractivity contribution in [2.24, 2.45) is 5.92 Å². The quantitative estimate of drug-likeness (QED) is 0.133. The fourth-order valence-corrected chi connectivity index (χ4v) is 12.0. The standard InChI is InChI=1S/C35H43N5O7Si/c1-7-16-39-29-13-8-25(40-31(43)20-32(40)46-23(3)42)19-28(29)35(34(39)44)22(2)33(48(5,6)27-11-9-26(45-4)10-12-27)30(47-35)14-17-38-21-24(15-18-41)36-37-38/h7-13,19,21-22,30,32-33,41H,1,14-18,20H2,2-6H3/t22-,30+,32?,33-,35+/m0/s1. The minimum absolute atomic E-state index is 0.00472. The molecule has 2 fully saturated rings. The first-order valence-electron chi connectivity index (χ1n) is 16.3. The van der Waals surface area contributed by atoms with Crippen LogP contribution in [0.25, 0.3) is 0 Å². The Morgan fingerprint density at radius 1 is 1.21 bits per heavy atom. The van der Waals surface area contributed by atoms with E-state index >= 15 is 0 Å². The van der Waals surface area contributed by atoms with Gasteiger partial charge in [-0.25, -0.2) is 0 Å². The van der Waals surface area contributed by atoms with Crippen molar-refractivity contribution in [3.8, 4) is 5.75 Å². The van der Waals surface area contributed by atoms with Gasteiger partial charge >= 0.3 is 5.97 Å². The van der Waals surface area contributed by atoms with E-state index in [1.54, 1.807) is 28.8 Å². The molecule has 0 bridgehead atoms. The molecule has 254 valence electrons. The summed E-state index contributed by atoms with van der Waals surface area (Å²) >= 11 is 0. The maximum Gasteiger partial charge on any atom is 0.304 e. The third-order valence-electron chi connectivity index (χ3n) is 10.2. The lowest BCUT2D eigenvalue weighted by atomic mass is 9.82. The Kier molecular flexibility index (Phi) is 9.05. The molecule has 5 atom stereocenters. The van der Waals surface area contributed by atoms with Crippen LogP contribution in [0.5, 0.6) is 5.75 Å². The van der Waals surface area contributed by atoms with Crippen LogP contribution in [0.1, 0.15) is 37.9 Å². The number of carbonyl (C=O) groups excluding carboxylic acids is 3. The predicted molar refractivity (Wildman–Crippen MR) is 182 cm³/mol. The van der Waals surface area contributed by atoms with Crippen LogP contribution in [-0.2, 0) is 42.4 Å². The number of ether oxygens (including phenoxy) is 3. The number of methoxy groups -OCH3 is 1. The summed E-state index contributed by atoms with van der Waals surface area (Å²) in [6.45, 7) is 12.8. The summed E-state index contributed by atoms with van der Waals surface area (Å²) in [4.78, 5) is 42.5. The van der Waals surface area contributed by atoms with E-state index in [-0.39, 0.29) is 42.4 Å². The van der Waals surface area contributed by atoms with E-state index < -0.39 is 25.9 Å². The molecular formula is C35H43N5O7Si. The number of fused-ring (bicyclic) bond motifs is 2. The molecule has 1 N–H and O–H groups in total. The van der Waals surface area contributed by atoms with Gasteiger partial charge in [0, 0.05) is 56.4 Å². The molecule has 3 aromatic rings. The summed E-state index contributed by atoms with van der Waals surface area (Å²) in [5.41, 5.74) is 1.33. The summed E-state index contributed by atoms with van der Waals surface area (Å²) < 4.78 is 19.8. The third-order valence-corrected chi connectivity index (χ3v) is 14.6. The molecule has 6 rings (SSSR count). The summed E-state index contributed by atoms with van der Waals surface area (Å²) in [5.74, 6) is -0.272. The SMILES string of the molecule is C=CCN1C(=O)[C@]2(O[C@H](CCn3cc(CCO)nn3)[C@@H]([Si](C)(C)c3ccc(OC)cc3)[C@@H]2C)c2cc(N3C(=O)CC3OC(C)=O)ccc21. The number of hydrogen-bond donors (Lipinski definition) is 1. The minimum Gasteiger partial charge on any atom is -0.497 e. The van der Waals surface area contributed by atoms with Gasteiger partial charge in [-0.15, -0.1) is 11.7 Å². The van der Waals surface area contributed by atoms with Crippen molar-refractivity contribution in [1.82, 2.24) is 15.0 Å². The largest absolute Gasteiger partial charge is 0.497 e. The molecule has 0 aliphatic carbocycles. The van der Waals surface area contributed by atoms with Crippen molar-refractivity contribution in [2.75, 3.05) is 30.1 Å². The molecule has 12 nitrogen and oxygen atoms in total. The smallest absolute Gasteiger partial charge is 0.304 e. The molecule has 3 aliphatic heterocycles. The number of aliphatic hydroxyl groups excluding tert-OH is 1. The van der Waals surface area contributed by atoms with Crippen LogP contribution in [0.2, 0.25) is 18.6 Å². The van der Waals surface area contributed by atoms with Gasteiger partial charge in [-0.05, 0) is 42.3 Å². The second-order valence-electron chi connectivity index (χ2n) is 13.3. The number of hydrogen-bond acceptors (Lipinski definition) is 9. The first-order chi connectivity index (χ1) is 23.0. The van der Waals surface area contributed by atoms with Crippen LogP contribution < -0.4 is 19.7 Å². The average Bonchev–Trinajstić information content (AvgIpc) is 3.70. The van der Waals surface area contributed by atoms with Crippen molar-refractivity contribution in [2.45, 2.75) is 76.2 Å². The number of esters is 1. The molecule has 2 saturated heterocycles. The van der Waals surface area contributed by atoms with Gasteiger partial charge in [0.25, 0.3) is 5.91 Å². The van der Waals surface area contributed by atoms with Crippen molar-refractivity contribution in [3.63, 3.8) is 0 Å².